The van der Waals surface area contributed by atoms with Crippen molar-refractivity contribution in [3.63, 3.8) is 0 Å². The minimum Gasteiger partial charge on any atom is -0.206 e. The Hall–Kier alpha value is -1.20. The van der Waals surface area contributed by atoms with E-state index >= 15 is 0 Å². The molecule has 0 saturated heterocycles. The molecule has 112 valence electrons. The molecule has 0 amide bonds. The van der Waals surface area contributed by atoms with Gasteiger partial charge in [0.1, 0.15) is 5.83 Å². The molecule has 1 aliphatic carbocycles. The van der Waals surface area contributed by atoms with Crippen molar-refractivity contribution < 1.29 is 4.39 Å². The molecule has 0 spiro atoms. The zero-order chi connectivity index (χ0) is 15.4. The van der Waals surface area contributed by atoms with Gasteiger partial charge in [-0.05, 0) is 52.8 Å². The molecule has 0 N–H and O–H groups in total. The molecule has 1 atom stereocenters. The van der Waals surface area contributed by atoms with Crippen molar-refractivity contribution in [2.24, 2.45) is 5.92 Å². The third-order valence-electron chi connectivity index (χ3n) is 4.38. The molecule has 1 saturated carbocycles. The van der Waals surface area contributed by atoms with Crippen LogP contribution in [0.25, 0.3) is 5.57 Å². The average molecular weight is 302 g/mol. The number of halogens is 1. The Balaban J connectivity index is 2.07. The Morgan fingerprint density at radius 2 is 1.71 bits per heavy atom. The molecule has 2 rings (SSSR count). The fourth-order valence-electron chi connectivity index (χ4n) is 2.89. The predicted molar refractivity (Wildman–Crippen MR) is 93.9 cm³/mol. The molecule has 21 heavy (non-hydrogen) atoms. The van der Waals surface area contributed by atoms with Crippen LogP contribution >= 0.6 is 9.24 Å². The van der Waals surface area contributed by atoms with E-state index in [1.165, 1.54) is 37.3 Å². The summed E-state index contributed by atoms with van der Waals surface area (Å²) in [5.41, 5.74) is 3.04. The lowest BCUT2D eigenvalue weighted by Gasteiger charge is -2.26. The van der Waals surface area contributed by atoms with Crippen LogP contribution in [0.4, 0.5) is 4.39 Å². The van der Waals surface area contributed by atoms with E-state index in [1.54, 1.807) is 0 Å². The second kappa shape index (κ2) is 7.18. The summed E-state index contributed by atoms with van der Waals surface area (Å²) < 4.78 is 13.5. The van der Waals surface area contributed by atoms with Crippen LogP contribution in [0.3, 0.4) is 0 Å². The highest BCUT2D eigenvalue weighted by Crippen LogP contribution is 2.35. The van der Waals surface area contributed by atoms with E-state index < -0.39 is 0 Å². The molecule has 1 aromatic carbocycles. The van der Waals surface area contributed by atoms with E-state index in [9.17, 15) is 4.39 Å². The molecule has 0 bridgehead atoms. The summed E-state index contributed by atoms with van der Waals surface area (Å²) in [5.74, 6) is 1.21. The predicted octanol–water partition coefficient (Wildman–Crippen LogP) is 6.24. The third-order valence-corrected chi connectivity index (χ3v) is 4.65. The highest BCUT2D eigenvalue weighted by molar-refractivity contribution is 7.23. The fraction of sp³-hybridized carbons (Fsp3) is 0.368. The molecule has 0 heterocycles. The van der Waals surface area contributed by atoms with Gasteiger partial charge in [0.25, 0.3) is 0 Å². The summed E-state index contributed by atoms with van der Waals surface area (Å²) in [6.45, 7) is 9.83. The molecular formula is C19H24FP. The maximum atomic E-state index is 13.5. The van der Waals surface area contributed by atoms with Gasteiger partial charge >= 0.3 is 0 Å². The fourth-order valence-corrected chi connectivity index (χ4v) is 2.98. The van der Waals surface area contributed by atoms with Crippen molar-refractivity contribution in [1.82, 2.24) is 0 Å². The summed E-state index contributed by atoms with van der Waals surface area (Å²) in [5, 5.41) is 0.351. The largest absolute Gasteiger partial charge is 0.206 e. The number of hydrogen-bond donors (Lipinski definition) is 0. The van der Waals surface area contributed by atoms with Crippen molar-refractivity contribution in [2.45, 2.75) is 38.5 Å². The molecule has 1 aliphatic rings. The first kappa shape index (κ1) is 16.2. The van der Waals surface area contributed by atoms with Crippen LogP contribution in [-0.4, -0.2) is 0 Å². The second-order valence-corrected chi connectivity index (χ2v) is 6.82. The highest BCUT2D eigenvalue weighted by Gasteiger charge is 2.19. The number of rotatable bonds is 4. The molecule has 1 unspecified atom stereocenters. The van der Waals surface area contributed by atoms with Crippen molar-refractivity contribution in [2.75, 3.05) is 0 Å². The van der Waals surface area contributed by atoms with Gasteiger partial charge in [0.05, 0.1) is 0 Å². The van der Waals surface area contributed by atoms with E-state index in [0.717, 1.165) is 11.5 Å². The van der Waals surface area contributed by atoms with Gasteiger partial charge in [0.15, 0.2) is 0 Å². The van der Waals surface area contributed by atoms with E-state index in [4.69, 9.17) is 0 Å². The molecule has 0 radical (unpaired) electrons. The quantitative estimate of drug-likeness (QED) is 0.456. The Kier molecular flexibility index (Phi) is 5.53. The lowest BCUT2D eigenvalue weighted by molar-refractivity contribution is 0.348. The standard InChI is InChI=1S/C19H24FP/c1-13-4-6-17(7-5-13)18-10-8-16(9-11-18)14(2)12-19(20)15(3)21/h8-13,17H,2-7,21H2,1H3/b19-12+. The zero-order valence-corrected chi connectivity index (χ0v) is 13.9. The van der Waals surface area contributed by atoms with Crippen molar-refractivity contribution in [3.8, 4) is 0 Å². The van der Waals surface area contributed by atoms with Crippen LogP contribution in [0.5, 0.6) is 0 Å². The van der Waals surface area contributed by atoms with Crippen LogP contribution in [0.1, 0.15) is 49.7 Å². The molecule has 0 aromatic heterocycles. The van der Waals surface area contributed by atoms with Gasteiger partial charge in [0.2, 0.25) is 0 Å². The number of allylic oxidation sites excluding steroid dienone is 4. The van der Waals surface area contributed by atoms with E-state index in [-0.39, 0.29) is 5.83 Å². The van der Waals surface area contributed by atoms with Gasteiger partial charge < -0.3 is 0 Å². The van der Waals surface area contributed by atoms with Crippen LogP contribution < -0.4 is 0 Å². The van der Waals surface area contributed by atoms with Crippen molar-refractivity contribution >= 4 is 14.8 Å². The minimum absolute atomic E-state index is 0.338. The van der Waals surface area contributed by atoms with E-state index in [0.29, 0.717) is 16.8 Å². The molecule has 0 aliphatic heterocycles. The first-order chi connectivity index (χ1) is 9.97. The van der Waals surface area contributed by atoms with Gasteiger partial charge in [-0.2, -0.15) is 0 Å². The van der Waals surface area contributed by atoms with Crippen molar-refractivity contribution in [3.05, 3.63) is 65.8 Å². The SMILES string of the molecule is C=C(P)/C(F)=C\C(=C)c1ccc(C2CCC(C)CC2)cc1. The normalized spacial score (nSPS) is 22.9. The van der Waals surface area contributed by atoms with Gasteiger partial charge in [-0.1, -0.05) is 57.2 Å². The third kappa shape index (κ3) is 4.38. The Bertz CT molecular complexity index is 545. The zero-order valence-electron chi connectivity index (χ0n) is 12.7. The topological polar surface area (TPSA) is 0 Å². The molecule has 2 heteroatoms. The van der Waals surface area contributed by atoms with E-state index in [2.05, 4.69) is 41.5 Å². The second-order valence-electron chi connectivity index (χ2n) is 6.12. The summed E-state index contributed by atoms with van der Waals surface area (Å²) in [6, 6.07) is 8.43. The van der Waals surface area contributed by atoms with Gasteiger partial charge in [-0.15, -0.1) is 9.24 Å². The first-order valence-corrected chi connectivity index (χ1v) is 8.16. The highest BCUT2D eigenvalue weighted by atomic mass is 31.0. The monoisotopic (exact) mass is 302 g/mol. The number of hydrogen-bond acceptors (Lipinski definition) is 0. The van der Waals surface area contributed by atoms with Gasteiger partial charge in [-0.25, -0.2) is 4.39 Å². The number of benzene rings is 1. The summed E-state index contributed by atoms with van der Waals surface area (Å²) in [7, 11) is 2.27. The summed E-state index contributed by atoms with van der Waals surface area (Å²) in [4.78, 5) is 0. The van der Waals surface area contributed by atoms with Gasteiger partial charge in [0, 0.05) is 0 Å². The van der Waals surface area contributed by atoms with Crippen LogP contribution in [0.15, 0.2) is 54.6 Å². The molecule has 1 aromatic rings. The molecule has 0 nitrogen and oxygen atoms in total. The lowest BCUT2D eigenvalue weighted by atomic mass is 9.79. The summed E-state index contributed by atoms with van der Waals surface area (Å²) >= 11 is 0. The molecular weight excluding hydrogens is 278 g/mol. The Labute approximate surface area is 130 Å². The first-order valence-electron chi connectivity index (χ1n) is 7.58. The maximum absolute atomic E-state index is 13.5. The lowest BCUT2D eigenvalue weighted by Crippen LogP contribution is -2.10. The molecule has 1 fully saturated rings. The average Bonchev–Trinajstić information content (AvgIpc) is 2.48. The smallest absolute Gasteiger partial charge is 0.130 e. The van der Waals surface area contributed by atoms with Crippen LogP contribution in [-0.2, 0) is 0 Å². The summed E-state index contributed by atoms with van der Waals surface area (Å²) in [6.07, 6.45) is 6.64. The van der Waals surface area contributed by atoms with Crippen LogP contribution in [0.2, 0.25) is 0 Å². The Morgan fingerprint density at radius 3 is 2.24 bits per heavy atom. The maximum Gasteiger partial charge on any atom is 0.130 e. The van der Waals surface area contributed by atoms with Gasteiger partial charge in [-0.3, -0.25) is 0 Å². The minimum atomic E-state index is -0.338. The van der Waals surface area contributed by atoms with E-state index in [1.807, 2.05) is 12.1 Å². The van der Waals surface area contributed by atoms with Crippen LogP contribution in [0, 0.1) is 5.92 Å². The Morgan fingerprint density at radius 1 is 1.14 bits per heavy atom. The van der Waals surface area contributed by atoms with Crippen molar-refractivity contribution in [1.29, 1.82) is 0 Å².